The van der Waals surface area contributed by atoms with E-state index in [4.69, 9.17) is 0 Å². The number of hydrogen-bond donors (Lipinski definition) is 2. The van der Waals surface area contributed by atoms with Gasteiger partial charge in [-0.05, 0) is 45.9 Å². The predicted octanol–water partition coefficient (Wildman–Crippen LogP) is 3.18. The summed E-state index contributed by atoms with van der Waals surface area (Å²) < 4.78 is 17.7. The van der Waals surface area contributed by atoms with E-state index in [9.17, 15) is 9.18 Å². The Hall–Kier alpha value is -3.46. The van der Waals surface area contributed by atoms with Crippen LogP contribution in [0.25, 0.3) is 11.2 Å². The average molecular weight is 436 g/mol. The summed E-state index contributed by atoms with van der Waals surface area (Å²) in [6.45, 7) is 9.79. The number of fused-ring (bicyclic) bond motifs is 2. The van der Waals surface area contributed by atoms with Gasteiger partial charge in [0.05, 0.1) is 28.3 Å². The first-order valence-corrected chi connectivity index (χ1v) is 10.7. The summed E-state index contributed by atoms with van der Waals surface area (Å²) in [5, 5.41) is 10.9. The Morgan fingerprint density at radius 3 is 2.62 bits per heavy atom. The summed E-state index contributed by atoms with van der Waals surface area (Å²) >= 11 is 0. The Morgan fingerprint density at radius 1 is 1.12 bits per heavy atom. The second-order valence-electron chi connectivity index (χ2n) is 8.70. The number of nitrogens with zero attached hydrogens (tertiary/aromatic N) is 5. The Balaban J connectivity index is 1.50. The smallest absolute Gasteiger partial charge is 0.274 e. The van der Waals surface area contributed by atoms with E-state index >= 15 is 0 Å². The van der Waals surface area contributed by atoms with Crippen LogP contribution >= 0.6 is 0 Å². The van der Waals surface area contributed by atoms with Crippen LogP contribution in [0, 0.1) is 19.7 Å². The molecule has 1 fully saturated rings. The van der Waals surface area contributed by atoms with Crippen molar-refractivity contribution >= 4 is 28.4 Å². The molecule has 1 amide bonds. The van der Waals surface area contributed by atoms with Crippen molar-refractivity contribution < 1.29 is 9.18 Å². The van der Waals surface area contributed by atoms with Gasteiger partial charge in [0, 0.05) is 43.6 Å². The fourth-order valence-electron chi connectivity index (χ4n) is 4.59. The van der Waals surface area contributed by atoms with Crippen molar-refractivity contribution in [2.24, 2.45) is 0 Å². The molecular formula is C23H26FN7O. The van der Waals surface area contributed by atoms with Crippen molar-refractivity contribution in [3.8, 4) is 0 Å². The fraction of sp³-hybridized carbons (Fsp3) is 0.348. The Morgan fingerprint density at radius 2 is 1.88 bits per heavy atom. The van der Waals surface area contributed by atoms with E-state index in [2.05, 4.69) is 39.5 Å². The van der Waals surface area contributed by atoms with Crippen LogP contribution in [-0.4, -0.2) is 50.1 Å². The second-order valence-corrected chi connectivity index (χ2v) is 8.70. The van der Waals surface area contributed by atoms with Gasteiger partial charge in [0.15, 0.2) is 11.5 Å². The molecule has 1 aliphatic heterocycles. The molecule has 4 aromatic heterocycles. The molecule has 2 N–H and O–H groups in total. The summed E-state index contributed by atoms with van der Waals surface area (Å²) in [7, 11) is 0. The number of aryl methyl sites for hydroxylation is 2. The van der Waals surface area contributed by atoms with Crippen molar-refractivity contribution in [3.05, 3.63) is 59.6 Å². The van der Waals surface area contributed by atoms with Gasteiger partial charge < -0.3 is 19.9 Å². The molecule has 0 aromatic carbocycles. The molecule has 8 nitrogen and oxygen atoms in total. The van der Waals surface area contributed by atoms with E-state index in [1.54, 1.807) is 34.3 Å². The van der Waals surface area contributed by atoms with Gasteiger partial charge in [-0.25, -0.2) is 13.9 Å². The van der Waals surface area contributed by atoms with Crippen LogP contribution in [0.4, 0.5) is 15.8 Å². The minimum Gasteiger partial charge on any atom is -0.367 e. The zero-order chi connectivity index (χ0) is 22.6. The third kappa shape index (κ3) is 3.58. The monoisotopic (exact) mass is 435 g/mol. The molecule has 0 radical (unpaired) electrons. The topological polar surface area (TPSA) is 79.0 Å². The predicted molar refractivity (Wildman–Crippen MR) is 122 cm³/mol. The molecule has 166 valence electrons. The van der Waals surface area contributed by atoms with Gasteiger partial charge in [0.25, 0.3) is 5.91 Å². The van der Waals surface area contributed by atoms with E-state index < -0.39 is 5.82 Å². The van der Waals surface area contributed by atoms with Gasteiger partial charge in [-0.2, -0.15) is 5.10 Å². The molecule has 0 saturated carbocycles. The quantitative estimate of drug-likeness (QED) is 0.517. The van der Waals surface area contributed by atoms with Crippen LogP contribution < -0.4 is 15.5 Å². The largest absolute Gasteiger partial charge is 0.367 e. The molecule has 1 aliphatic rings. The maximum atomic E-state index is 14.4. The number of amides is 1. The lowest BCUT2D eigenvalue weighted by atomic mass is 10.1. The summed E-state index contributed by atoms with van der Waals surface area (Å²) in [5.74, 6) is -0.851. The minimum atomic E-state index is -0.492. The number of hydrogen-bond acceptors (Lipinski definition) is 5. The zero-order valence-corrected chi connectivity index (χ0v) is 18.6. The van der Waals surface area contributed by atoms with Crippen LogP contribution in [0.2, 0.25) is 0 Å². The zero-order valence-electron chi connectivity index (χ0n) is 18.6. The lowest BCUT2D eigenvalue weighted by molar-refractivity contribution is 0.102. The summed E-state index contributed by atoms with van der Waals surface area (Å²) in [5.41, 5.74) is 4.41. The molecule has 5 rings (SSSR count). The highest BCUT2D eigenvalue weighted by Gasteiger charge is 2.24. The summed E-state index contributed by atoms with van der Waals surface area (Å²) in [4.78, 5) is 19.6. The number of aromatic nitrogens is 4. The van der Waals surface area contributed by atoms with Gasteiger partial charge in [-0.15, -0.1) is 0 Å². The van der Waals surface area contributed by atoms with Gasteiger partial charge in [-0.3, -0.25) is 4.79 Å². The Labute approximate surface area is 185 Å². The number of pyridine rings is 2. The molecule has 9 heteroatoms. The molecular weight excluding hydrogens is 409 g/mol. The van der Waals surface area contributed by atoms with Crippen LogP contribution in [0.1, 0.15) is 35.7 Å². The van der Waals surface area contributed by atoms with E-state index in [1.165, 1.54) is 6.07 Å². The maximum absolute atomic E-state index is 14.4. The van der Waals surface area contributed by atoms with Crippen LogP contribution in [0.15, 0.2) is 36.7 Å². The molecule has 0 bridgehead atoms. The standard InChI is InChI=1S/C23H26FN7O/c1-13-7-21-19(29-9-14(2)25-15(3)10-29)5-6-20(31(21)28-13)23(32)27-17-8-18(24)22-26-16(4)11-30(22)12-17/h5-8,11-12,14-15,25H,9-10H2,1-4H3,(H,27,32)/t14-,15+. The van der Waals surface area contributed by atoms with Crippen molar-refractivity contribution in [1.29, 1.82) is 0 Å². The van der Waals surface area contributed by atoms with E-state index in [1.807, 2.05) is 19.1 Å². The van der Waals surface area contributed by atoms with E-state index in [0.717, 1.165) is 30.0 Å². The van der Waals surface area contributed by atoms with Crippen molar-refractivity contribution in [2.75, 3.05) is 23.3 Å². The fourth-order valence-corrected chi connectivity index (χ4v) is 4.59. The first kappa shape index (κ1) is 20.4. The third-order valence-corrected chi connectivity index (χ3v) is 5.74. The number of anilines is 2. The maximum Gasteiger partial charge on any atom is 0.274 e. The van der Waals surface area contributed by atoms with Gasteiger partial charge in [-0.1, -0.05) is 0 Å². The minimum absolute atomic E-state index is 0.231. The first-order chi connectivity index (χ1) is 15.3. The molecule has 2 atom stereocenters. The van der Waals surface area contributed by atoms with E-state index in [0.29, 0.717) is 29.2 Å². The molecule has 1 saturated heterocycles. The number of rotatable bonds is 3. The average Bonchev–Trinajstić information content (AvgIpc) is 3.28. The molecule has 32 heavy (non-hydrogen) atoms. The van der Waals surface area contributed by atoms with Crippen molar-refractivity contribution in [3.63, 3.8) is 0 Å². The summed E-state index contributed by atoms with van der Waals surface area (Å²) in [6, 6.07) is 7.74. The third-order valence-electron chi connectivity index (χ3n) is 5.74. The number of piperazine rings is 1. The highest BCUT2D eigenvalue weighted by atomic mass is 19.1. The van der Waals surface area contributed by atoms with Crippen LogP contribution in [0.3, 0.4) is 0 Å². The molecule has 4 aromatic rings. The normalized spacial score (nSPS) is 19.1. The van der Waals surface area contributed by atoms with Crippen molar-refractivity contribution in [1.82, 2.24) is 24.3 Å². The van der Waals surface area contributed by atoms with Gasteiger partial charge in [0.2, 0.25) is 0 Å². The number of carbonyl (C=O) groups is 1. The lowest BCUT2D eigenvalue weighted by Gasteiger charge is -2.38. The van der Waals surface area contributed by atoms with Crippen LogP contribution in [0.5, 0.6) is 0 Å². The highest BCUT2D eigenvalue weighted by molar-refractivity contribution is 6.04. The van der Waals surface area contributed by atoms with E-state index in [-0.39, 0.29) is 11.6 Å². The summed E-state index contributed by atoms with van der Waals surface area (Å²) in [6.07, 6.45) is 3.37. The molecule has 0 spiro atoms. The van der Waals surface area contributed by atoms with Crippen LogP contribution in [-0.2, 0) is 0 Å². The second kappa shape index (κ2) is 7.59. The number of nitrogens with one attached hydrogen (secondary N) is 2. The number of imidazole rings is 1. The van der Waals surface area contributed by atoms with Crippen molar-refractivity contribution in [2.45, 2.75) is 39.8 Å². The molecule has 0 unspecified atom stereocenters. The lowest BCUT2D eigenvalue weighted by Crippen LogP contribution is -2.54. The highest BCUT2D eigenvalue weighted by Crippen LogP contribution is 2.27. The molecule has 5 heterocycles. The van der Waals surface area contributed by atoms with Gasteiger partial charge in [0.1, 0.15) is 5.69 Å². The SMILES string of the molecule is Cc1cn2cc(NC(=O)c3ccc(N4C[C@@H](C)N[C@@H](C)C4)c4cc(C)nn34)cc(F)c2n1. The first-order valence-electron chi connectivity index (χ1n) is 10.7. The van der Waals surface area contributed by atoms with Gasteiger partial charge >= 0.3 is 0 Å². The Kier molecular flexibility index (Phi) is 4.85. The molecule has 0 aliphatic carbocycles. The number of carbonyl (C=O) groups excluding carboxylic acids is 1. The number of halogens is 1. The Bertz CT molecular complexity index is 1330.